The van der Waals surface area contributed by atoms with Gasteiger partial charge in [0.2, 0.25) is 6.08 Å². The summed E-state index contributed by atoms with van der Waals surface area (Å²) in [6.07, 6.45) is 2.42. The molecule has 62 valence electrons. The Balaban J connectivity index is 2.99. The molecule has 0 saturated carbocycles. The first-order chi connectivity index (χ1) is 5.88. The number of hydrogen-bond acceptors (Lipinski definition) is 2. The second-order valence-corrected chi connectivity index (χ2v) is 3.06. The van der Waals surface area contributed by atoms with E-state index in [1.54, 1.807) is 6.08 Å². The molecule has 0 aromatic heterocycles. The number of halogens is 1. The standard InChI is InChI=1S/C9H8BrNO/c10-6-5-8-3-1-2-4-9(8)11-7-12/h1-4H,5-6H2. The number of benzene rings is 1. The summed E-state index contributed by atoms with van der Waals surface area (Å²) < 4.78 is 0. The van der Waals surface area contributed by atoms with E-state index in [1.165, 1.54) is 0 Å². The van der Waals surface area contributed by atoms with E-state index in [4.69, 9.17) is 0 Å². The topological polar surface area (TPSA) is 29.4 Å². The molecule has 0 bridgehead atoms. The molecule has 0 unspecified atom stereocenters. The van der Waals surface area contributed by atoms with Crippen LogP contribution in [0.15, 0.2) is 29.3 Å². The molecular weight excluding hydrogens is 218 g/mol. The van der Waals surface area contributed by atoms with Crippen molar-refractivity contribution in [3.63, 3.8) is 0 Å². The van der Waals surface area contributed by atoms with Gasteiger partial charge in [-0.3, -0.25) is 0 Å². The summed E-state index contributed by atoms with van der Waals surface area (Å²) in [5.41, 5.74) is 1.78. The van der Waals surface area contributed by atoms with Crippen LogP contribution < -0.4 is 0 Å². The average Bonchev–Trinajstić information content (AvgIpc) is 2.09. The first-order valence-electron chi connectivity index (χ1n) is 3.60. The van der Waals surface area contributed by atoms with Gasteiger partial charge in [0.05, 0.1) is 5.69 Å². The van der Waals surface area contributed by atoms with Gasteiger partial charge < -0.3 is 0 Å². The second kappa shape index (κ2) is 4.86. The third-order valence-electron chi connectivity index (χ3n) is 1.52. The normalized spacial score (nSPS) is 9.08. The van der Waals surface area contributed by atoms with E-state index in [0.717, 1.165) is 17.3 Å². The minimum absolute atomic E-state index is 0.715. The van der Waals surface area contributed by atoms with E-state index in [0.29, 0.717) is 5.69 Å². The van der Waals surface area contributed by atoms with Crippen molar-refractivity contribution in [2.45, 2.75) is 6.42 Å². The van der Waals surface area contributed by atoms with E-state index in [1.807, 2.05) is 24.3 Å². The number of rotatable bonds is 3. The van der Waals surface area contributed by atoms with Crippen LogP contribution in [0.5, 0.6) is 0 Å². The minimum atomic E-state index is 0.715. The van der Waals surface area contributed by atoms with Crippen LogP contribution in [0, 0.1) is 0 Å². The zero-order chi connectivity index (χ0) is 8.81. The lowest BCUT2D eigenvalue weighted by Crippen LogP contribution is -1.85. The molecule has 0 amide bonds. The Morgan fingerprint density at radius 2 is 2.17 bits per heavy atom. The summed E-state index contributed by atoms with van der Waals surface area (Å²) in [5.74, 6) is 0. The largest absolute Gasteiger partial charge is 0.240 e. The Morgan fingerprint density at radius 3 is 2.83 bits per heavy atom. The maximum absolute atomic E-state index is 10.0. The molecule has 1 rings (SSSR count). The third-order valence-corrected chi connectivity index (χ3v) is 1.92. The van der Waals surface area contributed by atoms with Crippen LogP contribution in [0.2, 0.25) is 0 Å². The summed E-state index contributed by atoms with van der Waals surface area (Å²) in [6, 6.07) is 7.55. The second-order valence-electron chi connectivity index (χ2n) is 2.27. The Hall–Kier alpha value is -0.920. The van der Waals surface area contributed by atoms with Gasteiger partial charge in [-0.15, -0.1) is 0 Å². The van der Waals surface area contributed by atoms with Gasteiger partial charge in [-0.1, -0.05) is 34.1 Å². The van der Waals surface area contributed by atoms with Gasteiger partial charge in [-0.05, 0) is 18.1 Å². The highest BCUT2D eigenvalue weighted by Crippen LogP contribution is 2.18. The first-order valence-corrected chi connectivity index (χ1v) is 4.72. The van der Waals surface area contributed by atoms with Crippen LogP contribution in [0.25, 0.3) is 0 Å². The third kappa shape index (κ3) is 2.29. The quantitative estimate of drug-likeness (QED) is 0.442. The maximum atomic E-state index is 10.0. The molecule has 0 spiro atoms. The number of aryl methyl sites for hydroxylation is 1. The summed E-state index contributed by atoms with van der Waals surface area (Å²) in [5, 5.41) is 0.873. The van der Waals surface area contributed by atoms with Crippen molar-refractivity contribution in [1.82, 2.24) is 0 Å². The molecule has 0 aliphatic rings. The van der Waals surface area contributed by atoms with Gasteiger partial charge in [0.1, 0.15) is 0 Å². The highest BCUT2D eigenvalue weighted by atomic mass is 79.9. The molecule has 12 heavy (non-hydrogen) atoms. The molecule has 3 heteroatoms. The highest BCUT2D eigenvalue weighted by Gasteiger charge is 1.97. The Bertz CT molecular complexity index is 305. The summed E-state index contributed by atoms with van der Waals surface area (Å²) in [7, 11) is 0. The van der Waals surface area contributed by atoms with Crippen molar-refractivity contribution in [1.29, 1.82) is 0 Å². The van der Waals surface area contributed by atoms with Gasteiger partial charge in [0, 0.05) is 5.33 Å². The predicted octanol–water partition coefficient (Wildman–Crippen LogP) is 2.59. The van der Waals surface area contributed by atoms with Crippen molar-refractivity contribution in [3.8, 4) is 0 Å². The Morgan fingerprint density at radius 1 is 1.42 bits per heavy atom. The van der Waals surface area contributed by atoms with Crippen LogP contribution in [-0.2, 0) is 11.2 Å². The number of isocyanates is 1. The number of alkyl halides is 1. The Kier molecular flexibility index (Phi) is 3.71. The predicted molar refractivity (Wildman–Crippen MR) is 51.7 cm³/mol. The molecule has 2 nitrogen and oxygen atoms in total. The van der Waals surface area contributed by atoms with Gasteiger partial charge in [0.15, 0.2) is 0 Å². The average molecular weight is 226 g/mol. The fraction of sp³-hybridized carbons (Fsp3) is 0.222. The molecule has 0 atom stereocenters. The number of aliphatic imine (C=N–C) groups is 1. The zero-order valence-electron chi connectivity index (χ0n) is 6.46. The Labute approximate surface area is 79.5 Å². The fourth-order valence-electron chi connectivity index (χ4n) is 0.982. The lowest BCUT2D eigenvalue weighted by molar-refractivity contribution is 0.565. The van der Waals surface area contributed by atoms with Gasteiger partial charge in [-0.2, -0.15) is 4.99 Å². The lowest BCUT2D eigenvalue weighted by atomic mass is 10.1. The molecule has 0 aliphatic heterocycles. The zero-order valence-corrected chi connectivity index (χ0v) is 8.04. The van der Waals surface area contributed by atoms with E-state index >= 15 is 0 Å². The maximum Gasteiger partial charge on any atom is 0.240 e. The number of carbonyl (C=O) groups excluding carboxylic acids is 1. The summed E-state index contributed by atoms with van der Waals surface area (Å²) in [6.45, 7) is 0. The van der Waals surface area contributed by atoms with Gasteiger partial charge >= 0.3 is 0 Å². The minimum Gasteiger partial charge on any atom is -0.211 e. The molecule has 1 aromatic rings. The summed E-state index contributed by atoms with van der Waals surface area (Å²) >= 11 is 3.33. The molecule has 0 radical (unpaired) electrons. The monoisotopic (exact) mass is 225 g/mol. The smallest absolute Gasteiger partial charge is 0.211 e. The van der Waals surface area contributed by atoms with E-state index in [9.17, 15) is 4.79 Å². The molecular formula is C9H8BrNO. The van der Waals surface area contributed by atoms with Gasteiger partial charge in [0.25, 0.3) is 0 Å². The number of hydrogen-bond donors (Lipinski definition) is 0. The summed E-state index contributed by atoms with van der Waals surface area (Å²) in [4.78, 5) is 13.6. The van der Waals surface area contributed by atoms with E-state index < -0.39 is 0 Å². The highest BCUT2D eigenvalue weighted by molar-refractivity contribution is 9.09. The van der Waals surface area contributed by atoms with Crippen molar-refractivity contribution in [2.75, 3.05) is 5.33 Å². The number of para-hydroxylation sites is 1. The first kappa shape index (κ1) is 9.17. The molecule has 0 saturated heterocycles. The van der Waals surface area contributed by atoms with Crippen molar-refractivity contribution in [3.05, 3.63) is 29.8 Å². The van der Waals surface area contributed by atoms with Crippen LogP contribution >= 0.6 is 15.9 Å². The molecule has 0 N–H and O–H groups in total. The van der Waals surface area contributed by atoms with Gasteiger partial charge in [-0.25, -0.2) is 4.79 Å². The van der Waals surface area contributed by atoms with Crippen molar-refractivity contribution >= 4 is 27.7 Å². The molecule has 1 aromatic carbocycles. The van der Waals surface area contributed by atoms with Crippen LogP contribution in [-0.4, -0.2) is 11.4 Å². The molecule has 0 heterocycles. The van der Waals surface area contributed by atoms with Crippen LogP contribution in [0.1, 0.15) is 5.56 Å². The van der Waals surface area contributed by atoms with Crippen LogP contribution in [0.4, 0.5) is 5.69 Å². The lowest BCUT2D eigenvalue weighted by Gasteiger charge is -1.99. The molecule has 0 fully saturated rings. The number of nitrogens with zero attached hydrogens (tertiary/aromatic N) is 1. The SMILES string of the molecule is O=C=Nc1ccccc1CCBr. The van der Waals surface area contributed by atoms with E-state index in [-0.39, 0.29) is 0 Å². The van der Waals surface area contributed by atoms with Crippen molar-refractivity contribution in [2.24, 2.45) is 4.99 Å². The van der Waals surface area contributed by atoms with E-state index in [2.05, 4.69) is 20.9 Å². The molecule has 0 aliphatic carbocycles. The van der Waals surface area contributed by atoms with Crippen LogP contribution in [0.3, 0.4) is 0 Å². The van der Waals surface area contributed by atoms with Crippen molar-refractivity contribution < 1.29 is 4.79 Å². The fourth-order valence-corrected chi connectivity index (χ4v) is 1.41.